The highest BCUT2D eigenvalue weighted by atomic mass is 16.5. The molecule has 0 saturated carbocycles. The maximum absolute atomic E-state index is 5.85. The first kappa shape index (κ1) is 9.53. The van der Waals surface area contributed by atoms with Crippen LogP contribution in [0.1, 0.15) is 30.5 Å². The molecule has 0 bridgehead atoms. The highest BCUT2D eigenvalue weighted by Gasteiger charge is 2.31. The van der Waals surface area contributed by atoms with Gasteiger partial charge in [-0.3, -0.25) is 0 Å². The lowest BCUT2D eigenvalue weighted by molar-refractivity contribution is 0.189. The zero-order chi connectivity index (χ0) is 10.1. The lowest BCUT2D eigenvalue weighted by Gasteiger charge is -2.16. The van der Waals surface area contributed by atoms with Crippen LogP contribution in [0.25, 0.3) is 0 Å². The number of aryl methyl sites for hydroxylation is 1. The number of ether oxygens (including phenoxy) is 1. The fourth-order valence-electron chi connectivity index (χ4n) is 2.11. The topological polar surface area (TPSA) is 21.3 Å². The van der Waals surface area contributed by atoms with Gasteiger partial charge >= 0.3 is 0 Å². The minimum Gasteiger partial charge on any atom is -0.488 e. The fraction of sp³-hybridized carbons (Fsp3) is 0.500. The van der Waals surface area contributed by atoms with Crippen molar-refractivity contribution in [2.24, 2.45) is 0 Å². The quantitative estimate of drug-likeness (QED) is 0.775. The van der Waals surface area contributed by atoms with Crippen LogP contribution in [0, 0.1) is 6.92 Å². The van der Waals surface area contributed by atoms with Crippen molar-refractivity contribution >= 4 is 0 Å². The van der Waals surface area contributed by atoms with Crippen molar-refractivity contribution in [2.75, 3.05) is 7.05 Å². The van der Waals surface area contributed by atoms with Crippen LogP contribution >= 0.6 is 0 Å². The summed E-state index contributed by atoms with van der Waals surface area (Å²) in [6, 6.07) is 6.75. The Morgan fingerprint density at radius 1 is 1.43 bits per heavy atom. The van der Waals surface area contributed by atoms with E-state index in [0.29, 0.717) is 6.04 Å². The number of likely N-dealkylation sites (N-methyl/N-ethyl adjacent to an activating group) is 1. The second-order valence-corrected chi connectivity index (χ2v) is 3.87. The van der Waals surface area contributed by atoms with Gasteiger partial charge in [-0.25, -0.2) is 0 Å². The van der Waals surface area contributed by atoms with Crippen LogP contribution in [0.3, 0.4) is 0 Å². The molecule has 0 aliphatic carbocycles. The van der Waals surface area contributed by atoms with Gasteiger partial charge in [0.25, 0.3) is 0 Å². The predicted octanol–water partition coefficient (Wildman–Crippen LogP) is 2.43. The molecule has 2 nitrogen and oxygen atoms in total. The molecule has 0 saturated heterocycles. The smallest absolute Gasteiger partial charge is 0.124 e. The summed E-state index contributed by atoms with van der Waals surface area (Å²) >= 11 is 0. The van der Waals surface area contributed by atoms with Crippen molar-refractivity contribution < 1.29 is 4.74 Å². The molecule has 1 heterocycles. The molecule has 1 aromatic carbocycles. The minimum atomic E-state index is 0.289. The first-order chi connectivity index (χ1) is 6.76. The summed E-state index contributed by atoms with van der Waals surface area (Å²) in [6.07, 6.45) is 1.33. The number of benzene rings is 1. The molecular formula is C12H17NO. The Bertz CT molecular complexity index is 335. The van der Waals surface area contributed by atoms with Crippen LogP contribution in [0.2, 0.25) is 0 Å². The third kappa shape index (κ3) is 1.40. The highest BCUT2D eigenvalue weighted by Crippen LogP contribution is 2.37. The summed E-state index contributed by atoms with van der Waals surface area (Å²) in [7, 11) is 1.99. The van der Waals surface area contributed by atoms with Gasteiger partial charge in [0, 0.05) is 5.56 Å². The lowest BCUT2D eigenvalue weighted by Crippen LogP contribution is -2.27. The molecule has 0 spiro atoms. The average Bonchev–Trinajstić information content (AvgIpc) is 2.54. The molecule has 2 heteroatoms. The molecule has 0 fully saturated rings. The van der Waals surface area contributed by atoms with Gasteiger partial charge in [-0.05, 0) is 26.5 Å². The Morgan fingerprint density at radius 3 is 2.86 bits per heavy atom. The molecule has 1 aromatic rings. The molecule has 0 aromatic heterocycles. The summed E-state index contributed by atoms with van der Waals surface area (Å²) < 4.78 is 5.85. The van der Waals surface area contributed by atoms with Gasteiger partial charge in [0.05, 0.1) is 6.04 Å². The first-order valence-corrected chi connectivity index (χ1v) is 5.20. The van der Waals surface area contributed by atoms with Gasteiger partial charge in [0.1, 0.15) is 11.9 Å². The summed E-state index contributed by atoms with van der Waals surface area (Å²) in [5.41, 5.74) is 2.60. The van der Waals surface area contributed by atoms with Crippen LogP contribution in [0.5, 0.6) is 5.75 Å². The molecule has 2 unspecified atom stereocenters. The van der Waals surface area contributed by atoms with E-state index < -0.39 is 0 Å². The summed E-state index contributed by atoms with van der Waals surface area (Å²) in [5, 5.41) is 3.32. The third-order valence-electron chi connectivity index (χ3n) is 2.86. The van der Waals surface area contributed by atoms with Gasteiger partial charge in [-0.15, -0.1) is 0 Å². The highest BCUT2D eigenvalue weighted by molar-refractivity contribution is 5.43. The van der Waals surface area contributed by atoms with Crippen molar-refractivity contribution in [2.45, 2.75) is 32.4 Å². The SMILES string of the molecule is CCC1Oc2ccc(C)cc2C1NC. The third-order valence-corrected chi connectivity index (χ3v) is 2.86. The van der Waals surface area contributed by atoms with Crippen LogP contribution in [-0.2, 0) is 0 Å². The van der Waals surface area contributed by atoms with Gasteiger partial charge < -0.3 is 10.1 Å². The van der Waals surface area contributed by atoms with Crippen molar-refractivity contribution in [3.05, 3.63) is 29.3 Å². The van der Waals surface area contributed by atoms with Crippen molar-refractivity contribution in [1.29, 1.82) is 0 Å². The van der Waals surface area contributed by atoms with Crippen molar-refractivity contribution in [1.82, 2.24) is 5.32 Å². The lowest BCUT2D eigenvalue weighted by atomic mass is 10.0. The van der Waals surface area contributed by atoms with Gasteiger partial charge in [0.15, 0.2) is 0 Å². The molecule has 0 radical (unpaired) electrons. The number of fused-ring (bicyclic) bond motifs is 1. The van der Waals surface area contributed by atoms with Crippen LogP contribution < -0.4 is 10.1 Å². The van der Waals surface area contributed by atoms with E-state index in [4.69, 9.17) is 4.74 Å². The maximum Gasteiger partial charge on any atom is 0.124 e. The second kappa shape index (κ2) is 3.62. The van der Waals surface area contributed by atoms with E-state index in [2.05, 4.69) is 37.4 Å². The summed E-state index contributed by atoms with van der Waals surface area (Å²) in [4.78, 5) is 0. The largest absolute Gasteiger partial charge is 0.488 e. The molecule has 1 aliphatic rings. The Balaban J connectivity index is 2.38. The summed E-state index contributed by atoms with van der Waals surface area (Å²) in [6.45, 7) is 4.28. The number of hydrogen-bond donors (Lipinski definition) is 1. The average molecular weight is 191 g/mol. The molecule has 76 valence electrons. The molecule has 2 rings (SSSR count). The van der Waals surface area contributed by atoms with E-state index in [1.165, 1.54) is 11.1 Å². The number of nitrogens with one attached hydrogen (secondary N) is 1. The van der Waals surface area contributed by atoms with E-state index in [1.807, 2.05) is 7.05 Å². The van der Waals surface area contributed by atoms with E-state index in [0.717, 1.165) is 12.2 Å². The van der Waals surface area contributed by atoms with Crippen LogP contribution in [-0.4, -0.2) is 13.2 Å². The van der Waals surface area contributed by atoms with E-state index in [-0.39, 0.29) is 6.10 Å². The predicted molar refractivity (Wildman–Crippen MR) is 57.7 cm³/mol. The molecule has 0 amide bonds. The Kier molecular flexibility index (Phi) is 2.46. The van der Waals surface area contributed by atoms with Gasteiger partial charge in [-0.1, -0.05) is 24.6 Å². The van der Waals surface area contributed by atoms with Crippen molar-refractivity contribution in [3.63, 3.8) is 0 Å². The van der Waals surface area contributed by atoms with E-state index in [1.54, 1.807) is 0 Å². The molecule has 1 N–H and O–H groups in total. The monoisotopic (exact) mass is 191 g/mol. The number of hydrogen-bond acceptors (Lipinski definition) is 2. The second-order valence-electron chi connectivity index (χ2n) is 3.87. The maximum atomic E-state index is 5.85. The molecular weight excluding hydrogens is 174 g/mol. The van der Waals surface area contributed by atoms with Gasteiger partial charge in [-0.2, -0.15) is 0 Å². The summed E-state index contributed by atoms with van der Waals surface area (Å²) in [5.74, 6) is 1.04. The van der Waals surface area contributed by atoms with E-state index >= 15 is 0 Å². The van der Waals surface area contributed by atoms with Crippen LogP contribution in [0.15, 0.2) is 18.2 Å². The Morgan fingerprint density at radius 2 is 2.21 bits per heavy atom. The fourth-order valence-corrected chi connectivity index (χ4v) is 2.11. The Hall–Kier alpha value is -1.02. The Labute approximate surface area is 85.3 Å². The molecule has 14 heavy (non-hydrogen) atoms. The zero-order valence-electron chi connectivity index (χ0n) is 9.00. The molecule has 2 atom stereocenters. The normalized spacial score (nSPS) is 24.5. The molecule has 1 aliphatic heterocycles. The zero-order valence-corrected chi connectivity index (χ0v) is 9.00. The van der Waals surface area contributed by atoms with E-state index in [9.17, 15) is 0 Å². The number of rotatable bonds is 2. The first-order valence-electron chi connectivity index (χ1n) is 5.20. The van der Waals surface area contributed by atoms with Crippen LogP contribution in [0.4, 0.5) is 0 Å². The minimum absolute atomic E-state index is 0.289. The van der Waals surface area contributed by atoms with Gasteiger partial charge in [0.2, 0.25) is 0 Å². The standard InChI is InChI=1S/C12H17NO/c1-4-10-12(13-3)9-7-8(2)5-6-11(9)14-10/h5-7,10,12-13H,4H2,1-3H3. The van der Waals surface area contributed by atoms with Crippen molar-refractivity contribution in [3.8, 4) is 5.75 Å².